The molecule has 2 fully saturated rings. The average Bonchev–Trinajstić information content (AvgIpc) is 2.70. The summed E-state index contributed by atoms with van der Waals surface area (Å²) < 4.78 is 23.0. The molecule has 0 aromatic rings. The van der Waals surface area contributed by atoms with Gasteiger partial charge in [0.2, 0.25) is 0 Å². The molecule has 0 aromatic heterocycles. The molecule has 2 rings (SSSR count). The monoisotopic (exact) mass is 230 g/mol. The molecule has 0 spiro atoms. The number of fused-ring (bicyclic) bond motifs is 1. The van der Waals surface area contributed by atoms with Crippen LogP contribution < -0.4 is 0 Å². The highest BCUT2D eigenvalue weighted by Gasteiger charge is 2.49. The second-order valence-corrected chi connectivity index (χ2v) is 5.04. The molecule has 0 saturated carbocycles. The van der Waals surface area contributed by atoms with Gasteiger partial charge in [0.15, 0.2) is 0 Å². The molecule has 0 aromatic carbocycles. The summed E-state index contributed by atoms with van der Waals surface area (Å²) in [5.74, 6) is 0. The van der Waals surface area contributed by atoms with Gasteiger partial charge in [-0.25, -0.2) is 0 Å². The summed E-state index contributed by atoms with van der Waals surface area (Å²) in [4.78, 5) is 0. The van der Waals surface area contributed by atoms with E-state index < -0.39 is 0 Å². The Morgan fingerprint density at radius 2 is 1.19 bits per heavy atom. The Labute approximate surface area is 97.2 Å². The highest BCUT2D eigenvalue weighted by atomic mass is 16.6. The van der Waals surface area contributed by atoms with Gasteiger partial charge in [0, 0.05) is 0 Å². The van der Waals surface area contributed by atoms with Gasteiger partial charge in [0.1, 0.15) is 24.4 Å². The number of hydrogen-bond donors (Lipinski definition) is 0. The van der Waals surface area contributed by atoms with Crippen molar-refractivity contribution < 1.29 is 18.9 Å². The van der Waals surface area contributed by atoms with Crippen molar-refractivity contribution in [3.8, 4) is 0 Å². The maximum Gasteiger partial charge on any atom is 0.115 e. The van der Waals surface area contributed by atoms with Crippen LogP contribution in [0.5, 0.6) is 0 Å². The first-order valence-electron chi connectivity index (χ1n) is 6.12. The van der Waals surface area contributed by atoms with Gasteiger partial charge < -0.3 is 18.9 Å². The normalized spacial score (nSPS) is 38.6. The molecule has 0 bridgehead atoms. The highest BCUT2D eigenvalue weighted by molar-refractivity contribution is 4.96. The molecular formula is C12H22O4. The molecule has 0 radical (unpaired) electrons. The Bertz CT molecular complexity index is 205. The Balaban J connectivity index is 1.90. The Morgan fingerprint density at radius 1 is 0.812 bits per heavy atom. The summed E-state index contributed by atoms with van der Waals surface area (Å²) in [7, 11) is 0. The lowest BCUT2D eigenvalue weighted by atomic mass is 10.1. The van der Waals surface area contributed by atoms with E-state index in [9.17, 15) is 0 Å². The summed E-state index contributed by atoms with van der Waals surface area (Å²) in [6.07, 6.45) is 0.635. The largest absolute Gasteiger partial charge is 0.370 e. The molecule has 0 aliphatic carbocycles. The van der Waals surface area contributed by atoms with Gasteiger partial charge in [-0.15, -0.1) is 0 Å². The zero-order chi connectivity index (χ0) is 11.7. The fourth-order valence-corrected chi connectivity index (χ4v) is 2.36. The number of hydrogen-bond acceptors (Lipinski definition) is 4. The van der Waals surface area contributed by atoms with E-state index in [0.29, 0.717) is 13.2 Å². The van der Waals surface area contributed by atoms with E-state index in [-0.39, 0.29) is 36.6 Å². The predicted molar refractivity (Wildman–Crippen MR) is 59.5 cm³/mol. The van der Waals surface area contributed by atoms with Crippen LogP contribution in [-0.4, -0.2) is 49.8 Å². The SMILES string of the molecule is CC(C)O[C@H]1COC2C1OC[C@H]2OC(C)C. The van der Waals surface area contributed by atoms with Crippen molar-refractivity contribution in [1.82, 2.24) is 0 Å². The minimum atomic E-state index is 0.0474. The molecule has 2 unspecified atom stereocenters. The Hall–Kier alpha value is -0.160. The maximum absolute atomic E-state index is 5.77. The van der Waals surface area contributed by atoms with Crippen LogP contribution in [0.4, 0.5) is 0 Å². The summed E-state index contributed by atoms with van der Waals surface area (Å²) in [5, 5.41) is 0. The van der Waals surface area contributed by atoms with Crippen LogP contribution in [0.1, 0.15) is 27.7 Å². The lowest BCUT2D eigenvalue weighted by Crippen LogP contribution is -2.35. The van der Waals surface area contributed by atoms with Crippen LogP contribution in [0.3, 0.4) is 0 Å². The Morgan fingerprint density at radius 3 is 1.50 bits per heavy atom. The first-order valence-corrected chi connectivity index (χ1v) is 6.12. The second-order valence-electron chi connectivity index (χ2n) is 5.04. The molecule has 4 atom stereocenters. The second kappa shape index (κ2) is 5.00. The van der Waals surface area contributed by atoms with Crippen LogP contribution in [-0.2, 0) is 18.9 Å². The predicted octanol–water partition coefficient (Wildman–Crippen LogP) is 1.37. The lowest BCUT2D eigenvalue weighted by molar-refractivity contribution is -0.0753. The highest BCUT2D eigenvalue weighted by Crippen LogP contribution is 2.31. The minimum Gasteiger partial charge on any atom is -0.370 e. The number of rotatable bonds is 4. The van der Waals surface area contributed by atoms with Gasteiger partial charge in [0.05, 0.1) is 25.4 Å². The van der Waals surface area contributed by atoms with Crippen molar-refractivity contribution in [3.63, 3.8) is 0 Å². The van der Waals surface area contributed by atoms with Gasteiger partial charge in [-0.05, 0) is 27.7 Å². The fraction of sp³-hybridized carbons (Fsp3) is 1.00. The molecule has 4 nitrogen and oxygen atoms in total. The quantitative estimate of drug-likeness (QED) is 0.731. The molecule has 2 aliphatic heterocycles. The molecule has 4 heteroatoms. The van der Waals surface area contributed by atoms with Gasteiger partial charge >= 0.3 is 0 Å². The van der Waals surface area contributed by atoms with Crippen LogP contribution in [0.15, 0.2) is 0 Å². The third-order valence-corrected chi connectivity index (χ3v) is 2.86. The van der Waals surface area contributed by atoms with Crippen LogP contribution >= 0.6 is 0 Å². The van der Waals surface area contributed by atoms with Crippen molar-refractivity contribution >= 4 is 0 Å². The Kier molecular flexibility index (Phi) is 3.85. The van der Waals surface area contributed by atoms with Gasteiger partial charge in [-0.3, -0.25) is 0 Å². The minimum absolute atomic E-state index is 0.0474. The summed E-state index contributed by atoms with van der Waals surface area (Å²) in [6.45, 7) is 9.36. The summed E-state index contributed by atoms with van der Waals surface area (Å²) in [5.41, 5.74) is 0. The van der Waals surface area contributed by atoms with Crippen molar-refractivity contribution in [3.05, 3.63) is 0 Å². The lowest BCUT2D eigenvalue weighted by Gasteiger charge is -2.19. The van der Waals surface area contributed by atoms with Crippen molar-refractivity contribution in [1.29, 1.82) is 0 Å². The molecular weight excluding hydrogens is 208 g/mol. The molecule has 0 N–H and O–H groups in total. The average molecular weight is 230 g/mol. The summed E-state index contributed by atoms with van der Waals surface area (Å²) >= 11 is 0. The molecule has 0 amide bonds. The third kappa shape index (κ3) is 2.56. The van der Waals surface area contributed by atoms with E-state index in [1.165, 1.54) is 0 Å². The van der Waals surface area contributed by atoms with E-state index >= 15 is 0 Å². The topological polar surface area (TPSA) is 36.9 Å². The van der Waals surface area contributed by atoms with E-state index in [4.69, 9.17) is 18.9 Å². The van der Waals surface area contributed by atoms with Crippen molar-refractivity contribution in [2.45, 2.75) is 64.3 Å². The molecule has 2 saturated heterocycles. The van der Waals surface area contributed by atoms with E-state index in [2.05, 4.69) is 0 Å². The first kappa shape index (κ1) is 12.3. The van der Waals surface area contributed by atoms with Gasteiger partial charge in [-0.1, -0.05) is 0 Å². The smallest absolute Gasteiger partial charge is 0.115 e. The zero-order valence-electron chi connectivity index (χ0n) is 10.5. The van der Waals surface area contributed by atoms with Crippen LogP contribution in [0.2, 0.25) is 0 Å². The maximum atomic E-state index is 5.77. The van der Waals surface area contributed by atoms with E-state index in [1.807, 2.05) is 27.7 Å². The van der Waals surface area contributed by atoms with Crippen molar-refractivity contribution in [2.75, 3.05) is 13.2 Å². The first-order chi connectivity index (χ1) is 7.58. The zero-order valence-corrected chi connectivity index (χ0v) is 10.5. The van der Waals surface area contributed by atoms with Gasteiger partial charge in [-0.2, -0.15) is 0 Å². The molecule has 2 heterocycles. The molecule has 16 heavy (non-hydrogen) atoms. The van der Waals surface area contributed by atoms with Crippen molar-refractivity contribution in [2.24, 2.45) is 0 Å². The molecule has 2 aliphatic rings. The summed E-state index contributed by atoms with van der Waals surface area (Å²) in [6, 6.07) is 0. The fourth-order valence-electron chi connectivity index (χ4n) is 2.36. The third-order valence-electron chi connectivity index (χ3n) is 2.86. The van der Waals surface area contributed by atoms with Gasteiger partial charge in [0.25, 0.3) is 0 Å². The van der Waals surface area contributed by atoms with Crippen LogP contribution in [0.25, 0.3) is 0 Å². The standard InChI is InChI=1S/C12H22O4/c1-7(2)15-9-5-13-12-10(16-8(3)4)6-14-11(9)12/h7-12H,5-6H2,1-4H3/t9-,10+,11?,12?. The van der Waals surface area contributed by atoms with Crippen LogP contribution in [0, 0.1) is 0 Å². The van der Waals surface area contributed by atoms with E-state index in [0.717, 1.165) is 0 Å². The number of ether oxygens (including phenoxy) is 4. The molecule has 94 valence electrons. The van der Waals surface area contributed by atoms with E-state index in [1.54, 1.807) is 0 Å².